The van der Waals surface area contributed by atoms with Gasteiger partial charge in [-0.25, -0.2) is 0 Å². The van der Waals surface area contributed by atoms with Crippen LogP contribution in [0.2, 0.25) is 0 Å². The van der Waals surface area contributed by atoms with E-state index in [1.165, 1.54) is 32.1 Å². The fraction of sp³-hybridized carbons (Fsp3) is 0.692. The van der Waals surface area contributed by atoms with E-state index in [1.807, 2.05) is 0 Å². The number of fused-ring (bicyclic) bond motifs is 1. The highest BCUT2D eigenvalue weighted by atomic mass is 35.5. The summed E-state index contributed by atoms with van der Waals surface area (Å²) in [4.78, 5) is 4.12. The fourth-order valence-electron chi connectivity index (χ4n) is 2.71. The van der Waals surface area contributed by atoms with E-state index in [1.54, 1.807) is 16.9 Å². The molecule has 21 heavy (non-hydrogen) atoms. The van der Waals surface area contributed by atoms with Crippen molar-refractivity contribution in [2.75, 3.05) is 18.4 Å². The van der Waals surface area contributed by atoms with Gasteiger partial charge in [0.15, 0.2) is 5.65 Å². The second kappa shape index (κ2) is 8.09. The van der Waals surface area contributed by atoms with Gasteiger partial charge in [-0.05, 0) is 36.2 Å². The smallest absolute Gasteiger partial charge is 0.199 e. The van der Waals surface area contributed by atoms with Gasteiger partial charge in [0, 0.05) is 12.6 Å². The van der Waals surface area contributed by atoms with Crippen LogP contribution in [0.5, 0.6) is 0 Å². The first-order valence-corrected chi connectivity index (χ1v) is 7.43. The molecule has 0 bridgehead atoms. The first-order valence-electron chi connectivity index (χ1n) is 7.43. The highest BCUT2D eigenvalue weighted by Crippen LogP contribution is 2.17. The summed E-state index contributed by atoms with van der Waals surface area (Å²) >= 11 is 0. The van der Waals surface area contributed by atoms with Crippen LogP contribution in [-0.4, -0.2) is 44.2 Å². The average molecular weight is 312 g/mol. The molecule has 1 aliphatic carbocycles. The molecule has 2 aromatic heterocycles. The van der Waals surface area contributed by atoms with Crippen LogP contribution in [0.4, 0.5) is 5.82 Å². The third-order valence-corrected chi connectivity index (χ3v) is 3.81. The molecule has 0 radical (unpaired) electrons. The van der Waals surface area contributed by atoms with Crippen LogP contribution in [0.3, 0.4) is 0 Å². The molecule has 1 fully saturated rings. The van der Waals surface area contributed by atoms with E-state index < -0.39 is 0 Å². The molecule has 2 N–H and O–H groups in total. The summed E-state index contributed by atoms with van der Waals surface area (Å²) in [6.45, 7) is 1.94. The molecule has 1 saturated carbocycles. The summed E-state index contributed by atoms with van der Waals surface area (Å²) in [5, 5.41) is 18.4. The van der Waals surface area contributed by atoms with E-state index in [2.05, 4.69) is 31.1 Å². The van der Waals surface area contributed by atoms with Crippen molar-refractivity contribution in [2.24, 2.45) is 0 Å². The van der Waals surface area contributed by atoms with Crippen LogP contribution in [0.15, 0.2) is 12.4 Å². The zero-order chi connectivity index (χ0) is 13.6. The molecule has 0 amide bonds. The third kappa shape index (κ3) is 4.25. The lowest BCUT2D eigenvalue weighted by atomic mass is 9.95. The predicted molar refractivity (Wildman–Crippen MR) is 83.8 cm³/mol. The lowest BCUT2D eigenvalue weighted by Gasteiger charge is -2.22. The second-order valence-electron chi connectivity index (χ2n) is 5.31. The fourth-order valence-corrected chi connectivity index (χ4v) is 2.71. The number of halogens is 1. The summed E-state index contributed by atoms with van der Waals surface area (Å²) in [6, 6.07) is 0.730. The molecule has 0 aromatic carbocycles. The zero-order valence-corrected chi connectivity index (χ0v) is 12.8. The van der Waals surface area contributed by atoms with Gasteiger partial charge in [0.05, 0.1) is 12.4 Å². The summed E-state index contributed by atoms with van der Waals surface area (Å²) in [5.41, 5.74) is 0.662. The maximum atomic E-state index is 4.12. The molecule has 0 spiro atoms. The monoisotopic (exact) mass is 311 g/mol. The molecule has 0 unspecified atom stereocenters. The van der Waals surface area contributed by atoms with Gasteiger partial charge in [0.2, 0.25) is 0 Å². The Hall–Kier alpha value is -1.47. The van der Waals surface area contributed by atoms with Gasteiger partial charge in [0.1, 0.15) is 5.82 Å². The molecule has 8 heteroatoms. The lowest BCUT2D eigenvalue weighted by molar-refractivity contribution is 0.373. The van der Waals surface area contributed by atoms with Crippen LogP contribution in [-0.2, 0) is 0 Å². The Morgan fingerprint density at radius 2 is 2.00 bits per heavy atom. The molecule has 2 heterocycles. The molecular formula is C13H22ClN7. The summed E-state index contributed by atoms with van der Waals surface area (Å²) in [7, 11) is 0. The van der Waals surface area contributed by atoms with Gasteiger partial charge in [-0.2, -0.15) is 4.52 Å². The maximum Gasteiger partial charge on any atom is 0.199 e. The highest BCUT2D eigenvalue weighted by molar-refractivity contribution is 5.85. The van der Waals surface area contributed by atoms with E-state index in [9.17, 15) is 0 Å². The summed E-state index contributed by atoms with van der Waals surface area (Å²) in [5.74, 6) is 0.838. The van der Waals surface area contributed by atoms with Crippen LogP contribution >= 0.6 is 12.4 Å². The highest BCUT2D eigenvalue weighted by Gasteiger charge is 2.11. The number of nitrogens with zero attached hydrogens (tertiary/aromatic N) is 5. The van der Waals surface area contributed by atoms with Gasteiger partial charge in [-0.15, -0.1) is 17.5 Å². The zero-order valence-electron chi connectivity index (χ0n) is 12.0. The Morgan fingerprint density at radius 3 is 2.86 bits per heavy atom. The third-order valence-electron chi connectivity index (χ3n) is 3.81. The van der Waals surface area contributed by atoms with E-state index in [0.29, 0.717) is 5.65 Å². The normalized spacial score (nSPS) is 15.8. The van der Waals surface area contributed by atoms with Crippen molar-refractivity contribution in [3.8, 4) is 0 Å². The Kier molecular flexibility index (Phi) is 6.13. The van der Waals surface area contributed by atoms with Gasteiger partial charge in [0.25, 0.3) is 0 Å². The number of hydrogen-bond acceptors (Lipinski definition) is 6. The molecule has 2 aromatic rings. The topological polar surface area (TPSA) is 80.0 Å². The van der Waals surface area contributed by atoms with Crippen LogP contribution in [0.1, 0.15) is 38.5 Å². The minimum atomic E-state index is 0. The molecule has 0 atom stereocenters. The molecular weight excluding hydrogens is 290 g/mol. The minimum Gasteiger partial charge on any atom is -0.369 e. The van der Waals surface area contributed by atoms with E-state index in [-0.39, 0.29) is 12.4 Å². The molecule has 116 valence electrons. The number of anilines is 1. The number of rotatable bonds is 6. The second-order valence-corrected chi connectivity index (χ2v) is 5.31. The van der Waals surface area contributed by atoms with Crippen molar-refractivity contribution in [3.05, 3.63) is 12.4 Å². The van der Waals surface area contributed by atoms with Crippen molar-refractivity contribution in [2.45, 2.75) is 44.6 Å². The van der Waals surface area contributed by atoms with E-state index >= 15 is 0 Å². The quantitative estimate of drug-likeness (QED) is 0.790. The Morgan fingerprint density at radius 1 is 1.14 bits per heavy atom. The standard InChI is InChI=1S/C13H21N7.ClH/c1-2-5-11(6-3-1)15-7-4-8-16-12-9-14-10-13-17-18-19-20(12)13;/h9-11,15-16H,1-8H2;1H. The Balaban J connectivity index is 0.00000161. The van der Waals surface area contributed by atoms with E-state index in [0.717, 1.165) is 31.4 Å². The Bertz CT molecular complexity index is 538. The largest absolute Gasteiger partial charge is 0.369 e. The first kappa shape index (κ1) is 15.9. The van der Waals surface area contributed by atoms with Crippen molar-refractivity contribution < 1.29 is 0 Å². The first-order chi connectivity index (χ1) is 9.93. The van der Waals surface area contributed by atoms with Gasteiger partial charge in [-0.1, -0.05) is 19.3 Å². The number of nitrogens with one attached hydrogen (secondary N) is 2. The van der Waals surface area contributed by atoms with Crippen LogP contribution in [0.25, 0.3) is 5.65 Å². The Labute approximate surface area is 130 Å². The van der Waals surface area contributed by atoms with Gasteiger partial charge < -0.3 is 10.6 Å². The van der Waals surface area contributed by atoms with Crippen molar-refractivity contribution >= 4 is 23.9 Å². The summed E-state index contributed by atoms with van der Waals surface area (Å²) < 4.78 is 1.67. The van der Waals surface area contributed by atoms with Crippen LogP contribution in [0, 0.1) is 0 Å². The SMILES string of the molecule is Cl.c1ncc2nnnn2c1NCCCNC1CCCCC1. The maximum absolute atomic E-state index is 4.12. The minimum absolute atomic E-state index is 0. The van der Waals surface area contributed by atoms with Crippen molar-refractivity contribution in [1.82, 2.24) is 30.3 Å². The molecule has 0 saturated heterocycles. The predicted octanol–water partition coefficient (Wildman–Crippen LogP) is 1.67. The summed E-state index contributed by atoms with van der Waals surface area (Å²) in [6.07, 6.45) is 11.3. The lowest BCUT2D eigenvalue weighted by Crippen LogP contribution is -2.32. The molecule has 1 aliphatic rings. The number of tetrazole rings is 1. The van der Waals surface area contributed by atoms with Gasteiger partial charge >= 0.3 is 0 Å². The molecule has 3 rings (SSSR count). The average Bonchev–Trinajstić information content (AvgIpc) is 2.97. The number of hydrogen-bond donors (Lipinski definition) is 2. The molecule has 7 nitrogen and oxygen atoms in total. The van der Waals surface area contributed by atoms with Crippen molar-refractivity contribution in [1.29, 1.82) is 0 Å². The van der Waals surface area contributed by atoms with Gasteiger partial charge in [-0.3, -0.25) is 4.98 Å². The molecule has 0 aliphatic heterocycles. The van der Waals surface area contributed by atoms with E-state index in [4.69, 9.17) is 0 Å². The number of aromatic nitrogens is 5. The van der Waals surface area contributed by atoms with Crippen LogP contribution < -0.4 is 10.6 Å². The van der Waals surface area contributed by atoms with Crippen molar-refractivity contribution in [3.63, 3.8) is 0 Å².